The lowest BCUT2D eigenvalue weighted by Crippen LogP contribution is -2.34. The van der Waals surface area contributed by atoms with Crippen molar-refractivity contribution in [2.24, 2.45) is 0 Å². The van der Waals surface area contributed by atoms with E-state index in [1.54, 1.807) is 24.3 Å². The highest BCUT2D eigenvalue weighted by molar-refractivity contribution is 5.78. The molecule has 21 heavy (non-hydrogen) atoms. The predicted octanol–water partition coefficient (Wildman–Crippen LogP) is 1.50. The average molecular weight is 286 g/mol. The number of carbonyl (C=O) groups is 1. The molecule has 0 bridgehead atoms. The molecular formula is C16H18N2O3. The lowest BCUT2D eigenvalue weighted by molar-refractivity contribution is -0.124. The zero-order valence-corrected chi connectivity index (χ0v) is 11.5. The molecule has 0 radical (unpaired) electrons. The van der Waals surface area contributed by atoms with Crippen molar-refractivity contribution in [3.63, 3.8) is 0 Å². The van der Waals surface area contributed by atoms with Gasteiger partial charge in [-0.15, -0.1) is 0 Å². The lowest BCUT2D eigenvalue weighted by Gasteiger charge is -2.17. The Balaban J connectivity index is 1.90. The van der Waals surface area contributed by atoms with E-state index >= 15 is 0 Å². The molecule has 0 saturated heterocycles. The molecule has 1 atom stereocenters. The second-order valence-electron chi connectivity index (χ2n) is 4.54. The number of nitrogens with two attached hydrogens (primary N) is 1. The standard InChI is InChI=1S/C16H18N2O3/c17-13-8-4-5-9-15(13)21-11-16(20)18-14(10-19)12-6-2-1-3-7-12/h1-9,14,19H,10-11,17H2,(H,18,20)/t14-/m1/s1. The van der Waals surface area contributed by atoms with Gasteiger partial charge >= 0.3 is 0 Å². The first-order chi connectivity index (χ1) is 10.2. The molecule has 1 amide bonds. The van der Waals surface area contributed by atoms with Gasteiger partial charge in [0.15, 0.2) is 6.61 Å². The fraction of sp³-hybridized carbons (Fsp3) is 0.188. The van der Waals surface area contributed by atoms with E-state index in [0.29, 0.717) is 11.4 Å². The van der Waals surface area contributed by atoms with Gasteiger partial charge in [-0.1, -0.05) is 42.5 Å². The summed E-state index contributed by atoms with van der Waals surface area (Å²) >= 11 is 0. The maximum atomic E-state index is 11.9. The van der Waals surface area contributed by atoms with Crippen LogP contribution in [0.25, 0.3) is 0 Å². The van der Waals surface area contributed by atoms with Gasteiger partial charge in [0.25, 0.3) is 5.91 Å². The minimum Gasteiger partial charge on any atom is -0.482 e. The van der Waals surface area contributed by atoms with Gasteiger partial charge in [0.05, 0.1) is 18.3 Å². The predicted molar refractivity (Wildman–Crippen MR) is 80.8 cm³/mol. The highest BCUT2D eigenvalue weighted by atomic mass is 16.5. The van der Waals surface area contributed by atoms with E-state index in [4.69, 9.17) is 10.5 Å². The van der Waals surface area contributed by atoms with Crippen LogP contribution in [0, 0.1) is 0 Å². The van der Waals surface area contributed by atoms with Crippen molar-refractivity contribution < 1.29 is 14.6 Å². The molecule has 0 aromatic heterocycles. The summed E-state index contributed by atoms with van der Waals surface area (Å²) in [7, 11) is 0. The number of carbonyl (C=O) groups excluding carboxylic acids is 1. The Labute approximate surface area is 123 Å². The molecule has 2 aromatic carbocycles. The molecule has 0 fully saturated rings. The van der Waals surface area contributed by atoms with Crippen LogP contribution in [0.15, 0.2) is 54.6 Å². The Bertz CT molecular complexity index is 587. The normalized spacial score (nSPS) is 11.7. The first-order valence-corrected chi connectivity index (χ1v) is 6.63. The highest BCUT2D eigenvalue weighted by Gasteiger charge is 2.13. The topological polar surface area (TPSA) is 84.6 Å². The molecule has 0 unspecified atom stereocenters. The number of aliphatic hydroxyl groups excluding tert-OH is 1. The molecule has 0 heterocycles. The summed E-state index contributed by atoms with van der Waals surface area (Å²) in [5.74, 6) is 0.147. The number of benzene rings is 2. The SMILES string of the molecule is Nc1ccccc1OCC(=O)N[C@H](CO)c1ccccc1. The van der Waals surface area contributed by atoms with Crippen LogP contribution in [0.2, 0.25) is 0 Å². The largest absolute Gasteiger partial charge is 0.482 e. The quantitative estimate of drug-likeness (QED) is 0.703. The van der Waals surface area contributed by atoms with Crippen molar-refractivity contribution in [2.45, 2.75) is 6.04 Å². The van der Waals surface area contributed by atoms with Gasteiger partial charge < -0.3 is 20.9 Å². The number of hydrogen-bond acceptors (Lipinski definition) is 4. The third kappa shape index (κ3) is 4.22. The smallest absolute Gasteiger partial charge is 0.258 e. The highest BCUT2D eigenvalue weighted by Crippen LogP contribution is 2.19. The minimum atomic E-state index is -0.449. The van der Waals surface area contributed by atoms with E-state index in [-0.39, 0.29) is 19.1 Å². The Morgan fingerprint density at radius 1 is 1.14 bits per heavy atom. The van der Waals surface area contributed by atoms with Gasteiger partial charge in [0.1, 0.15) is 5.75 Å². The summed E-state index contributed by atoms with van der Waals surface area (Å²) < 4.78 is 5.36. The third-order valence-corrected chi connectivity index (χ3v) is 3.00. The number of anilines is 1. The van der Waals surface area contributed by atoms with Crippen molar-refractivity contribution in [3.8, 4) is 5.75 Å². The van der Waals surface area contributed by atoms with Crippen molar-refractivity contribution in [1.29, 1.82) is 0 Å². The van der Waals surface area contributed by atoms with E-state index < -0.39 is 6.04 Å². The van der Waals surface area contributed by atoms with Crippen LogP contribution < -0.4 is 15.8 Å². The summed E-state index contributed by atoms with van der Waals surface area (Å²) in [5.41, 5.74) is 7.05. The molecule has 0 aliphatic heterocycles. The van der Waals surface area contributed by atoms with Gasteiger partial charge in [-0.25, -0.2) is 0 Å². The maximum Gasteiger partial charge on any atom is 0.258 e. The number of hydrogen-bond donors (Lipinski definition) is 3. The monoisotopic (exact) mass is 286 g/mol. The van der Waals surface area contributed by atoms with Crippen LogP contribution in [0.4, 0.5) is 5.69 Å². The van der Waals surface area contributed by atoms with E-state index in [1.807, 2.05) is 30.3 Å². The first kappa shape index (κ1) is 14.9. The zero-order chi connectivity index (χ0) is 15.1. The van der Waals surface area contributed by atoms with E-state index in [1.165, 1.54) is 0 Å². The fourth-order valence-electron chi connectivity index (χ4n) is 1.91. The van der Waals surface area contributed by atoms with Gasteiger partial charge in [-0.2, -0.15) is 0 Å². The van der Waals surface area contributed by atoms with Crippen molar-refractivity contribution in [1.82, 2.24) is 5.32 Å². The Kier molecular flexibility index (Phi) is 5.17. The van der Waals surface area contributed by atoms with Crippen molar-refractivity contribution in [2.75, 3.05) is 18.9 Å². The minimum absolute atomic E-state index is 0.155. The summed E-state index contributed by atoms with van der Waals surface area (Å²) in [5, 5.41) is 12.1. The van der Waals surface area contributed by atoms with Crippen LogP contribution in [0.3, 0.4) is 0 Å². The Morgan fingerprint density at radius 2 is 1.81 bits per heavy atom. The van der Waals surface area contributed by atoms with Crippen LogP contribution in [-0.2, 0) is 4.79 Å². The first-order valence-electron chi connectivity index (χ1n) is 6.63. The lowest BCUT2D eigenvalue weighted by atomic mass is 10.1. The van der Waals surface area contributed by atoms with Gasteiger partial charge in [0.2, 0.25) is 0 Å². The molecule has 0 saturated carbocycles. The Hall–Kier alpha value is -2.53. The number of nitrogen functional groups attached to an aromatic ring is 1. The number of ether oxygens (including phenoxy) is 1. The molecule has 110 valence electrons. The summed E-state index contributed by atoms with van der Waals surface area (Å²) in [6.45, 7) is -0.333. The summed E-state index contributed by atoms with van der Waals surface area (Å²) in [6, 6.07) is 15.8. The molecule has 5 nitrogen and oxygen atoms in total. The summed E-state index contributed by atoms with van der Waals surface area (Å²) in [6.07, 6.45) is 0. The zero-order valence-electron chi connectivity index (χ0n) is 11.5. The van der Waals surface area contributed by atoms with Crippen LogP contribution in [0.1, 0.15) is 11.6 Å². The van der Waals surface area contributed by atoms with E-state index in [0.717, 1.165) is 5.56 Å². The van der Waals surface area contributed by atoms with E-state index in [9.17, 15) is 9.90 Å². The number of amides is 1. The van der Waals surface area contributed by atoms with Crippen LogP contribution in [-0.4, -0.2) is 24.2 Å². The average Bonchev–Trinajstić information content (AvgIpc) is 2.52. The number of aliphatic hydroxyl groups is 1. The molecule has 2 aromatic rings. The molecule has 0 aliphatic rings. The second-order valence-corrected chi connectivity index (χ2v) is 4.54. The van der Waals surface area contributed by atoms with Gasteiger partial charge in [-0.3, -0.25) is 4.79 Å². The molecule has 0 aliphatic carbocycles. The van der Waals surface area contributed by atoms with E-state index in [2.05, 4.69) is 5.32 Å². The van der Waals surface area contributed by atoms with Crippen molar-refractivity contribution in [3.05, 3.63) is 60.2 Å². The van der Waals surface area contributed by atoms with Crippen LogP contribution in [0.5, 0.6) is 5.75 Å². The third-order valence-electron chi connectivity index (χ3n) is 3.00. The van der Waals surface area contributed by atoms with Crippen molar-refractivity contribution >= 4 is 11.6 Å². The van der Waals surface area contributed by atoms with Crippen LogP contribution >= 0.6 is 0 Å². The molecular weight excluding hydrogens is 268 g/mol. The molecule has 4 N–H and O–H groups in total. The number of nitrogens with one attached hydrogen (secondary N) is 1. The van der Waals surface area contributed by atoms with Gasteiger partial charge in [0, 0.05) is 0 Å². The van der Waals surface area contributed by atoms with Gasteiger partial charge in [-0.05, 0) is 17.7 Å². The second kappa shape index (κ2) is 7.31. The number of para-hydroxylation sites is 2. The number of rotatable bonds is 6. The fourth-order valence-corrected chi connectivity index (χ4v) is 1.91. The molecule has 0 spiro atoms. The molecule has 2 rings (SSSR count). The summed E-state index contributed by atoms with van der Waals surface area (Å²) in [4.78, 5) is 11.9. The molecule has 5 heteroatoms. The Morgan fingerprint density at radius 3 is 2.48 bits per heavy atom. The maximum absolute atomic E-state index is 11.9.